The number of unbranched alkanes of at least 4 members (excludes halogenated alkanes) is 21. The van der Waals surface area contributed by atoms with Crippen LogP contribution in [0.25, 0.3) is 0 Å². The second kappa shape index (κ2) is 34.4. The first-order valence-electron chi connectivity index (χ1n) is 19.1. The molecule has 276 valence electrons. The van der Waals surface area contributed by atoms with Gasteiger partial charge in [-0.05, 0) is 38.5 Å². The van der Waals surface area contributed by atoms with E-state index < -0.39 is 32.5 Å². The summed E-state index contributed by atoms with van der Waals surface area (Å²) < 4.78 is 26.3. The molecule has 9 heteroatoms. The third-order valence-electron chi connectivity index (χ3n) is 8.22. The molecular weight excluding hydrogens is 615 g/mol. The SMILES string of the molecule is CCCC/C=C\C/C=C\CCCCCCCC(=O)O[C@H](COC(=O)CCCCCCCCCCCCCCCCC)COP(=O)(O)O. The van der Waals surface area contributed by atoms with Gasteiger partial charge in [-0.1, -0.05) is 160 Å². The maximum atomic E-state index is 12.3. The maximum Gasteiger partial charge on any atom is 0.469 e. The Labute approximate surface area is 288 Å². The second-order valence-electron chi connectivity index (χ2n) is 12.9. The number of carbonyl (C=O) groups is 2. The fourth-order valence-electron chi connectivity index (χ4n) is 5.33. The van der Waals surface area contributed by atoms with Crippen molar-refractivity contribution < 1.29 is 37.9 Å². The average Bonchev–Trinajstić information content (AvgIpc) is 3.03. The van der Waals surface area contributed by atoms with Crippen LogP contribution in [-0.4, -0.2) is 41.0 Å². The van der Waals surface area contributed by atoms with Gasteiger partial charge in [0.1, 0.15) is 6.61 Å². The molecule has 47 heavy (non-hydrogen) atoms. The van der Waals surface area contributed by atoms with Gasteiger partial charge < -0.3 is 19.3 Å². The summed E-state index contributed by atoms with van der Waals surface area (Å²) in [7, 11) is -4.75. The monoisotopic (exact) mass is 686 g/mol. The van der Waals surface area contributed by atoms with E-state index in [1.807, 2.05) is 0 Å². The quantitative estimate of drug-likeness (QED) is 0.0292. The Kier molecular flexibility index (Phi) is 33.3. The van der Waals surface area contributed by atoms with Crippen molar-refractivity contribution in [2.75, 3.05) is 13.2 Å². The van der Waals surface area contributed by atoms with Crippen molar-refractivity contribution >= 4 is 19.8 Å². The van der Waals surface area contributed by atoms with Crippen LogP contribution in [0.15, 0.2) is 24.3 Å². The highest BCUT2D eigenvalue weighted by atomic mass is 31.2. The fourth-order valence-corrected chi connectivity index (χ4v) is 5.69. The number of carbonyl (C=O) groups excluding carboxylic acids is 2. The third kappa shape index (κ3) is 37.2. The summed E-state index contributed by atoms with van der Waals surface area (Å²) in [5.41, 5.74) is 0. The van der Waals surface area contributed by atoms with Gasteiger partial charge in [0, 0.05) is 12.8 Å². The predicted octanol–water partition coefficient (Wildman–Crippen LogP) is 11.2. The Balaban J connectivity index is 3.96. The normalized spacial score (nSPS) is 12.7. The molecule has 2 N–H and O–H groups in total. The summed E-state index contributed by atoms with van der Waals surface area (Å²) in [6, 6.07) is 0. The van der Waals surface area contributed by atoms with Gasteiger partial charge in [-0.3, -0.25) is 14.1 Å². The number of allylic oxidation sites excluding steroid dienone is 4. The summed E-state index contributed by atoms with van der Waals surface area (Å²) in [5, 5.41) is 0. The van der Waals surface area contributed by atoms with E-state index in [0.717, 1.165) is 64.2 Å². The summed E-state index contributed by atoms with van der Waals surface area (Å²) in [6.45, 7) is 3.63. The molecule has 0 saturated heterocycles. The molecule has 0 fully saturated rings. The zero-order valence-electron chi connectivity index (χ0n) is 30.2. The van der Waals surface area contributed by atoms with E-state index in [1.54, 1.807) is 0 Å². The lowest BCUT2D eigenvalue weighted by Gasteiger charge is -2.18. The molecule has 0 radical (unpaired) electrons. The molecular formula is C38H71O8P. The largest absolute Gasteiger partial charge is 0.469 e. The number of hydrogen-bond donors (Lipinski definition) is 2. The number of phosphoric ester groups is 1. The number of hydrogen-bond acceptors (Lipinski definition) is 6. The van der Waals surface area contributed by atoms with Gasteiger partial charge in [0.15, 0.2) is 6.10 Å². The molecule has 0 aliphatic carbocycles. The van der Waals surface area contributed by atoms with Crippen LogP contribution in [0.4, 0.5) is 0 Å². The molecule has 0 amide bonds. The van der Waals surface area contributed by atoms with Crippen molar-refractivity contribution in [2.24, 2.45) is 0 Å². The van der Waals surface area contributed by atoms with E-state index in [4.69, 9.17) is 19.3 Å². The number of esters is 2. The van der Waals surface area contributed by atoms with Gasteiger partial charge in [0.25, 0.3) is 0 Å². The van der Waals surface area contributed by atoms with Crippen LogP contribution in [-0.2, 0) is 28.2 Å². The van der Waals surface area contributed by atoms with E-state index in [9.17, 15) is 14.2 Å². The zero-order valence-corrected chi connectivity index (χ0v) is 31.1. The lowest BCUT2D eigenvalue weighted by molar-refractivity contribution is -0.161. The highest BCUT2D eigenvalue weighted by Crippen LogP contribution is 2.36. The van der Waals surface area contributed by atoms with Crippen molar-refractivity contribution in [2.45, 2.75) is 193 Å². The van der Waals surface area contributed by atoms with Crippen molar-refractivity contribution in [1.82, 2.24) is 0 Å². The van der Waals surface area contributed by atoms with Gasteiger partial charge in [-0.2, -0.15) is 0 Å². The Bertz CT molecular complexity index is 823. The molecule has 0 aromatic rings. The maximum absolute atomic E-state index is 12.3. The first-order valence-corrected chi connectivity index (χ1v) is 20.7. The Morgan fingerprint density at radius 3 is 1.47 bits per heavy atom. The summed E-state index contributed by atoms with van der Waals surface area (Å²) >= 11 is 0. The molecule has 0 rings (SSSR count). The van der Waals surface area contributed by atoms with E-state index >= 15 is 0 Å². The Hall–Kier alpha value is -1.47. The zero-order chi connectivity index (χ0) is 34.7. The molecule has 1 atom stereocenters. The highest BCUT2D eigenvalue weighted by Gasteiger charge is 2.22. The van der Waals surface area contributed by atoms with Crippen LogP contribution in [0.3, 0.4) is 0 Å². The molecule has 0 bridgehead atoms. The summed E-state index contributed by atoms with van der Waals surface area (Å²) in [5.74, 6) is -0.895. The minimum absolute atomic E-state index is 0.198. The van der Waals surface area contributed by atoms with Crippen molar-refractivity contribution in [1.29, 1.82) is 0 Å². The van der Waals surface area contributed by atoms with Crippen LogP contribution < -0.4 is 0 Å². The van der Waals surface area contributed by atoms with Crippen molar-refractivity contribution in [3.63, 3.8) is 0 Å². The van der Waals surface area contributed by atoms with Crippen LogP contribution in [0, 0.1) is 0 Å². The molecule has 0 saturated carbocycles. The molecule has 8 nitrogen and oxygen atoms in total. The minimum atomic E-state index is -4.75. The molecule has 0 aliphatic heterocycles. The first kappa shape index (κ1) is 45.5. The van der Waals surface area contributed by atoms with E-state index in [0.29, 0.717) is 6.42 Å². The van der Waals surface area contributed by atoms with Gasteiger partial charge in [0.2, 0.25) is 0 Å². The summed E-state index contributed by atoms with van der Waals surface area (Å²) in [4.78, 5) is 42.7. The molecule has 0 aliphatic rings. The second-order valence-corrected chi connectivity index (χ2v) is 14.1. The standard InChI is InChI=1S/C38H71O8P/c1-3-5-7-9-11-13-15-17-19-21-22-24-26-28-30-32-37(39)44-34-36(35-45-47(41,42)43)46-38(40)33-31-29-27-25-23-20-18-16-14-12-10-8-6-4-2/h10,12,16,18,36H,3-9,11,13-15,17,19-35H2,1-2H3,(H2,41,42,43)/b12-10-,18-16-/t36-/m1/s1. The Morgan fingerprint density at radius 2 is 0.979 bits per heavy atom. The minimum Gasteiger partial charge on any atom is -0.462 e. The van der Waals surface area contributed by atoms with Crippen LogP contribution in [0.1, 0.15) is 187 Å². The smallest absolute Gasteiger partial charge is 0.462 e. The van der Waals surface area contributed by atoms with Crippen LogP contribution >= 0.6 is 7.82 Å². The van der Waals surface area contributed by atoms with Crippen molar-refractivity contribution in [3.05, 3.63) is 24.3 Å². The molecule has 0 aromatic heterocycles. The third-order valence-corrected chi connectivity index (χ3v) is 8.71. The Morgan fingerprint density at radius 1 is 0.553 bits per heavy atom. The topological polar surface area (TPSA) is 119 Å². The van der Waals surface area contributed by atoms with Crippen LogP contribution in [0.2, 0.25) is 0 Å². The van der Waals surface area contributed by atoms with Gasteiger partial charge in [-0.25, -0.2) is 4.57 Å². The van der Waals surface area contributed by atoms with E-state index in [2.05, 4.69) is 42.7 Å². The number of ether oxygens (including phenoxy) is 2. The van der Waals surface area contributed by atoms with Gasteiger partial charge in [0.05, 0.1) is 6.61 Å². The highest BCUT2D eigenvalue weighted by molar-refractivity contribution is 7.46. The average molecular weight is 687 g/mol. The number of rotatable bonds is 35. The molecule has 0 heterocycles. The lowest BCUT2D eigenvalue weighted by atomic mass is 10.0. The predicted molar refractivity (Wildman–Crippen MR) is 193 cm³/mol. The van der Waals surface area contributed by atoms with Gasteiger partial charge >= 0.3 is 19.8 Å². The molecule has 0 unspecified atom stereocenters. The fraction of sp³-hybridized carbons (Fsp3) is 0.842. The molecule has 0 spiro atoms. The first-order chi connectivity index (χ1) is 22.8. The van der Waals surface area contributed by atoms with E-state index in [-0.39, 0.29) is 19.4 Å². The van der Waals surface area contributed by atoms with Crippen molar-refractivity contribution in [3.8, 4) is 0 Å². The van der Waals surface area contributed by atoms with Gasteiger partial charge in [-0.15, -0.1) is 0 Å². The molecule has 0 aromatic carbocycles. The van der Waals surface area contributed by atoms with E-state index in [1.165, 1.54) is 89.9 Å². The van der Waals surface area contributed by atoms with Crippen LogP contribution in [0.5, 0.6) is 0 Å². The lowest BCUT2D eigenvalue weighted by Crippen LogP contribution is -2.29. The number of phosphoric acid groups is 1. The summed E-state index contributed by atoms with van der Waals surface area (Å²) in [6.07, 6.45) is 37.5.